The van der Waals surface area contributed by atoms with Gasteiger partial charge in [0.2, 0.25) is 0 Å². The van der Waals surface area contributed by atoms with Crippen molar-refractivity contribution in [2.45, 2.75) is 51.1 Å². The van der Waals surface area contributed by atoms with Gasteiger partial charge in [0.05, 0.1) is 0 Å². The fourth-order valence-corrected chi connectivity index (χ4v) is 3.80. The quantitative estimate of drug-likeness (QED) is 0.339. The average molecular weight is 402 g/mol. The largest absolute Gasteiger partial charge is 0.381 e. The molecule has 0 aromatic heterocycles. The smallest absolute Gasteiger partial charge is 0.0400 e. The highest BCUT2D eigenvalue weighted by Gasteiger charge is 2.06. The summed E-state index contributed by atoms with van der Waals surface area (Å²) in [5.74, 6) is 0. The number of anilines is 1. The van der Waals surface area contributed by atoms with Gasteiger partial charge >= 0.3 is 0 Å². The summed E-state index contributed by atoms with van der Waals surface area (Å²) >= 11 is 0. The van der Waals surface area contributed by atoms with Crippen molar-refractivity contribution in [3.8, 4) is 11.1 Å². The summed E-state index contributed by atoms with van der Waals surface area (Å²) in [6, 6.07) is 28.2. The fourth-order valence-electron chi connectivity index (χ4n) is 3.80. The molecule has 3 aromatic carbocycles. The van der Waals surface area contributed by atoms with Gasteiger partial charge in [-0.15, -0.1) is 0 Å². The molecule has 0 bridgehead atoms. The van der Waals surface area contributed by atoms with Gasteiger partial charge in [0.15, 0.2) is 0 Å². The van der Waals surface area contributed by atoms with Crippen LogP contribution in [-0.4, -0.2) is 12.6 Å². The molecule has 0 saturated carbocycles. The third kappa shape index (κ3) is 7.01. The Labute approximate surface area is 181 Å². The minimum atomic E-state index is 0.291. The fraction of sp³-hybridized carbons (Fsp3) is 0.333. The molecule has 0 spiro atoms. The van der Waals surface area contributed by atoms with Crippen LogP contribution in [-0.2, 0) is 13.0 Å². The van der Waals surface area contributed by atoms with E-state index >= 15 is 0 Å². The van der Waals surface area contributed by atoms with E-state index in [4.69, 9.17) is 11.5 Å². The van der Waals surface area contributed by atoms with Crippen LogP contribution >= 0.6 is 0 Å². The van der Waals surface area contributed by atoms with Gasteiger partial charge in [0.1, 0.15) is 0 Å². The van der Waals surface area contributed by atoms with Crippen molar-refractivity contribution >= 4 is 5.69 Å². The minimum absolute atomic E-state index is 0.291. The summed E-state index contributed by atoms with van der Waals surface area (Å²) in [5.41, 5.74) is 18.2. The zero-order chi connectivity index (χ0) is 21.0. The normalized spacial score (nSPS) is 11.9. The molecule has 0 aliphatic rings. The Hall–Kier alpha value is -2.62. The lowest BCUT2D eigenvalue weighted by molar-refractivity contribution is 0.518. The molecule has 0 heterocycles. The summed E-state index contributed by atoms with van der Waals surface area (Å²) in [5, 5.41) is 3.62. The number of hydrogen-bond donors (Lipinski definition) is 3. The Bertz CT molecular complexity index is 859. The van der Waals surface area contributed by atoms with Gasteiger partial charge in [-0.05, 0) is 67.0 Å². The van der Waals surface area contributed by atoms with Crippen LogP contribution in [0.2, 0.25) is 0 Å². The molecule has 0 radical (unpaired) electrons. The van der Waals surface area contributed by atoms with E-state index in [1.54, 1.807) is 0 Å². The lowest BCUT2D eigenvalue weighted by Crippen LogP contribution is -2.20. The molecule has 3 heteroatoms. The van der Waals surface area contributed by atoms with E-state index < -0.39 is 0 Å². The zero-order valence-electron chi connectivity index (χ0n) is 17.9. The maximum atomic E-state index is 6.25. The van der Waals surface area contributed by atoms with Gasteiger partial charge in [0.25, 0.3) is 0 Å². The summed E-state index contributed by atoms with van der Waals surface area (Å²) in [7, 11) is 0. The van der Waals surface area contributed by atoms with Crippen LogP contribution in [0.5, 0.6) is 0 Å². The SMILES string of the molecule is NCCCCC(N)CCCc1ccccc1NCc1ccc(-c2ccccc2)cc1. The van der Waals surface area contributed by atoms with Crippen molar-refractivity contribution in [1.82, 2.24) is 0 Å². The van der Waals surface area contributed by atoms with E-state index in [2.05, 4.69) is 84.2 Å². The Morgan fingerprint density at radius 1 is 0.700 bits per heavy atom. The molecule has 158 valence electrons. The number of aryl methyl sites for hydroxylation is 1. The molecule has 3 nitrogen and oxygen atoms in total. The average Bonchev–Trinajstić information content (AvgIpc) is 2.79. The van der Waals surface area contributed by atoms with E-state index in [0.29, 0.717) is 6.04 Å². The molecule has 0 amide bonds. The van der Waals surface area contributed by atoms with Crippen LogP contribution in [0.3, 0.4) is 0 Å². The third-order valence-electron chi connectivity index (χ3n) is 5.61. The van der Waals surface area contributed by atoms with Gasteiger partial charge in [-0.1, -0.05) is 79.2 Å². The highest BCUT2D eigenvalue weighted by Crippen LogP contribution is 2.22. The van der Waals surface area contributed by atoms with Crippen molar-refractivity contribution in [2.75, 3.05) is 11.9 Å². The van der Waals surface area contributed by atoms with Crippen molar-refractivity contribution in [1.29, 1.82) is 0 Å². The Balaban J connectivity index is 1.50. The summed E-state index contributed by atoms with van der Waals surface area (Å²) in [4.78, 5) is 0. The molecule has 0 fully saturated rings. The van der Waals surface area contributed by atoms with Gasteiger partial charge in [0, 0.05) is 18.3 Å². The van der Waals surface area contributed by atoms with E-state index in [-0.39, 0.29) is 0 Å². The molecular weight excluding hydrogens is 366 g/mol. The topological polar surface area (TPSA) is 64.1 Å². The second kappa shape index (κ2) is 12.2. The number of rotatable bonds is 12. The number of benzene rings is 3. The van der Waals surface area contributed by atoms with Crippen LogP contribution in [0.4, 0.5) is 5.69 Å². The number of nitrogens with two attached hydrogens (primary N) is 2. The predicted molar refractivity (Wildman–Crippen MR) is 129 cm³/mol. The van der Waals surface area contributed by atoms with Gasteiger partial charge in [-0.3, -0.25) is 0 Å². The Kier molecular flexibility index (Phi) is 8.95. The van der Waals surface area contributed by atoms with Gasteiger partial charge in [-0.2, -0.15) is 0 Å². The molecule has 0 aliphatic carbocycles. The molecule has 1 unspecified atom stereocenters. The maximum Gasteiger partial charge on any atom is 0.0400 e. The standard InChI is InChI=1S/C27H35N3/c28-20-7-6-13-26(29)14-8-12-25-11-4-5-15-27(25)30-21-22-16-18-24(19-17-22)23-9-2-1-3-10-23/h1-5,9-11,15-19,26,30H,6-8,12-14,20-21,28-29H2. The van der Waals surface area contributed by atoms with Gasteiger partial charge < -0.3 is 16.8 Å². The number of nitrogens with one attached hydrogen (secondary N) is 1. The van der Waals surface area contributed by atoms with Crippen LogP contribution in [0.1, 0.15) is 43.2 Å². The maximum absolute atomic E-state index is 6.25. The summed E-state index contributed by atoms with van der Waals surface area (Å²) in [6.45, 7) is 1.59. The second-order valence-corrected chi connectivity index (χ2v) is 8.01. The second-order valence-electron chi connectivity index (χ2n) is 8.01. The zero-order valence-corrected chi connectivity index (χ0v) is 17.9. The first-order valence-electron chi connectivity index (χ1n) is 11.2. The highest BCUT2D eigenvalue weighted by atomic mass is 14.9. The van der Waals surface area contributed by atoms with Crippen molar-refractivity contribution in [3.63, 3.8) is 0 Å². The lowest BCUT2D eigenvalue weighted by Gasteiger charge is -2.14. The molecule has 0 aliphatic heterocycles. The van der Waals surface area contributed by atoms with E-state index in [1.807, 2.05) is 0 Å². The third-order valence-corrected chi connectivity index (χ3v) is 5.61. The molecule has 5 N–H and O–H groups in total. The molecule has 0 saturated heterocycles. The molecular formula is C27H35N3. The number of unbranched alkanes of at least 4 members (excludes halogenated alkanes) is 1. The van der Waals surface area contributed by atoms with E-state index in [9.17, 15) is 0 Å². The molecule has 3 aromatic rings. The van der Waals surface area contributed by atoms with E-state index in [1.165, 1.54) is 27.9 Å². The van der Waals surface area contributed by atoms with Crippen molar-refractivity contribution in [2.24, 2.45) is 11.5 Å². The predicted octanol–water partition coefficient (Wildman–Crippen LogP) is 5.74. The van der Waals surface area contributed by atoms with Crippen LogP contribution in [0.25, 0.3) is 11.1 Å². The Morgan fingerprint density at radius 2 is 1.37 bits per heavy atom. The highest BCUT2D eigenvalue weighted by molar-refractivity contribution is 5.63. The lowest BCUT2D eigenvalue weighted by atomic mass is 10.0. The minimum Gasteiger partial charge on any atom is -0.381 e. The van der Waals surface area contributed by atoms with Crippen LogP contribution < -0.4 is 16.8 Å². The monoisotopic (exact) mass is 401 g/mol. The van der Waals surface area contributed by atoms with Crippen LogP contribution in [0.15, 0.2) is 78.9 Å². The van der Waals surface area contributed by atoms with Crippen molar-refractivity contribution < 1.29 is 0 Å². The van der Waals surface area contributed by atoms with E-state index in [0.717, 1.165) is 51.6 Å². The molecule has 1 atom stereocenters. The number of para-hydroxylation sites is 1. The first-order valence-corrected chi connectivity index (χ1v) is 11.2. The number of hydrogen-bond acceptors (Lipinski definition) is 3. The molecule has 3 rings (SSSR count). The first-order chi connectivity index (χ1) is 14.8. The van der Waals surface area contributed by atoms with Crippen LogP contribution in [0, 0.1) is 0 Å². The first kappa shape index (κ1) is 22.1. The van der Waals surface area contributed by atoms with Crippen molar-refractivity contribution in [3.05, 3.63) is 90.0 Å². The Morgan fingerprint density at radius 3 is 2.13 bits per heavy atom. The summed E-state index contributed by atoms with van der Waals surface area (Å²) < 4.78 is 0. The molecule has 30 heavy (non-hydrogen) atoms. The summed E-state index contributed by atoms with van der Waals surface area (Å²) in [6.07, 6.45) is 6.54. The van der Waals surface area contributed by atoms with Gasteiger partial charge in [-0.25, -0.2) is 0 Å².